The number of hydrogen-bond donors (Lipinski definition) is 1. The summed E-state index contributed by atoms with van der Waals surface area (Å²) in [5.74, 6) is -0.884. The van der Waals surface area contributed by atoms with Gasteiger partial charge in [0.05, 0.1) is 16.7 Å². The van der Waals surface area contributed by atoms with Gasteiger partial charge < -0.3 is 5.11 Å². The summed E-state index contributed by atoms with van der Waals surface area (Å²) < 4.78 is 0. The molecule has 4 heteroatoms. The zero-order valence-corrected chi connectivity index (χ0v) is 11.4. The third kappa shape index (κ3) is 1.84. The number of carboxylic acid groups (broad SMARTS) is 1. The molecule has 1 radical (unpaired) electrons. The molecule has 4 nitrogen and oxygen atoms in total. The fraction of sp³-hybridized carbons (Fsp3) is 0.800. The van der Waals surface area contributed by atoms with E-state index in [4.69, 9.17) is 0 Å². The van der Waals surface area contributed by atoms with Crippen LogP contribution in [0.2, 0.25) is 0 Å². The van der Waals surface area contributed by atoms with Crippen LogP contribution in [0, 0.1) is 0 Å². The summed E-state index contributed by atoms with van der Waals surface area (Å²) in [7, 11) is 0. The minimum absolute atomic E-state index is 0.393. The lowest BCUT2D eigenvalue weighted by Gasteiger charge is -2.45. The average Bonchev–Trinajstić information content (AvgIpc) is 2.65. The number of hydroxylamine groups is 2. The number of carbonyl (C=O) groups is 1. The minimum Gasteiger partial charge on any atom is -0.478 e. The monoisotopic (exact) mass is 264 g/mol. The van der Waals surface area contributed by atoms with Crippen LogP contribution in [0.4, 0.5) is 0 Å². The molecule has 3 rings (SSSR count). The predicted molar refractivity (Wildman–Crippen MR) is 69.9 cm³/mol. The average molecular weight is 264 g/mol. The van der Waals surface area contributed by atoms with Crippen LogP contribution in [0.15, 0.2) is 11.6 Å². The highest BCUT2D eigenvalue weighted by atomic mass is 16.5. The third-order valence-electron chi connectivity index (χ3n) is 5.34. The maximum Gasteiger partial charge on any atom is 0.333 e. The predicted octanol–water partition coefficient (Wildman–Crippen LogP) is 3.06. The Labute approximate surface area is 114 Å². The molecule has 1 heterocycles. The Kier molecular flexibility index (Phi) is 3.18. The van der Waals surface area contributed by atoms with Gasteiger partial charge in [-0.15, -0.1) is 10.3 Å². The second-order valence-corrected chi connectivity index (χ2v) is 6.41. The lowest BCUT2D eigenvalue weighted by molar-refractivity contribution is -0.267. The van der Waals surface area contributed by atoms with E-state index in [0.717, 1.165) is 57.8 Å². The molecule has 3 aliphatic rings. The van der Waals surface area contributed by atoms with Crippen molar-refractivity contribution in [2.24, 2.45) is 0 Å². The SMILES string of the molecule is [O]N1C2(C=C(C(=O)O)C13CCCCC3)CCCCC2. The minimum atomic E-state index is -0.884. The molecule has 105 valence electrons. The van der Waals surface area contributed by atoms with Crippen molar-refractivity contribution in [2.45, 2.75) is 75.3 Å². The van der Waals surface area contributed by atoms with Gasteiger partial charge in [-0.05, 0) is 31.8 Å². The van der Waals surface area contributed by atoms with Crippen LogP contribution in [0.5, 0.6) is 0 Å². The van der Waals surface area contributed by atoms with Gasteiger partial charge in [0.15, 0.2) is 0 Å². The fourth-order valence-corrected chi connectivity index (χ4v) is 4.38. The molecule has 2 fully saturated rings. The normalized spacial score (nSPS) is 29.6. The Morgan fingerprint density at radius 1 is 1.00 bits per heavy atom. The van der Waals surface area contributed by atoms with Crippen LogP contribution in [0.3, 0.4) is 0 Å². The van der Waals surface area contributed by atoms with E-state index in [1.54, 1.807) is 0 Å². The summed E-state index contributed by atoms with van der Waals surface area (Å²) >= 11 is 0. The van der Waals surface area contributed by atoms with Gasteiger partial charge in [-0.3, -0.25) is 0 Å². The number of hydrogen-bond acceptors (Lipinski definition) is 2. The molecule has 0 aromatic rings. The molecule has 0 aromatic carbocycles. The smallest absolute Gasteiger partial charge is 0.333 e. The first kappa shape index (κ1) is 13.1. The summed E-state index contributed by atoms with van der Waals surface area (Å²) in [6.07, 6.45) is 11.2. The zero-order chi connectivity index (χ0) is 13.5. The van der Waals surface area contributed by atoms with E-state index >= 15 is 0 Å². The highest BCUT2D eigenvalue weighted by molar-refractivity contribution is 5.90. The van der Waals surface area contributed by atoms with Crippen molar-refractivity contribution in [3.8, 4) is 0 Å². The van der Waals surface area contributed by atoms with Gasteiger partial charge in [-0.2, -0.15) is 0 Å². The summed E-state index contributed by atoms with van der Waals surface area (Å²) in [5, 5.41) is 23.7. The van der Waals surface area contributed by atoms with Crippen molar-refractivity contribution >= 4 is 5.97 Å². The van der Waals surface area contributed by atoms with Crippen molar-refractivity contribution in [2.75, 3.05) is 0 Å². The molecule has 0 amide bonds. The Balaban J connectivity index is 2.00. The van der Waals surface area contributed by atoms with Crippen molar-refractivity contribution in [3.05, 3.63) is 11.6 Å². The first-order valence-electron chi connectivity index (χ1n) is 7.55. The number of aliphatic carboxylic acids is 1. The molecule has 19 heavy (non-hydrogen) atoms. The molecular weight excluding hydrogens is 242 g/mol. The van der Waals surface area contributed by atoms with Crippen molar-refractivity contribution in [3.63, 3.8) is 0 Å². The zero-order valence-electron chi connectivity index (χ0n) is 11.4. The number of carboxylic acids is 1. The van der Waals surface area contributed by atoms with Crippen LogP contribution < -0.4 is 0 Å². The number of rotatable bonds is 1. The van der Waals surface area contributed by atoms with Crippen molar-refractivity contribution < 1.29 is 15.1 Å². The lowest BCUT2D eigenvalue weighted by Crippen LogP contribution is -2.55. The quantitative estimate of drug-likeness (QED) is 0.791. The van der Waals surface area contributed by atoms with Crippen molar-refractivity contribution in [1.29, 1.82) is 0 Å². The van der Waals surface area contributed by atoms with Crippen LogP contribution in [-0.4, -0.2) is 27.2 Å². The summed E-state index contributed by atoms with van der Waals surface area (Å²) in [5.41, 5.74) is -0.839. The van der Waals surface area contributed by atoms with Crippen LogP contribution in [0.1, 0.15) is 64.2 Å². The van der Waals surface area contributed by atoms with E-state index < -0.39 is 17.0 Å². The maximum absolute atomic E-state index is 13.0. The number of nitrogens with zero attached hydrogens (tertiary/aromatic N) is 1. The van der Waals surface area contributed by atoms with E-state index in [2.05, 4.69) is 0 Å². The van der Waals surface area contributed by atoms with E-state index in [1.165, 1.54) is 11.5 Å². The molecule has 2 saturated carbocycles. The molecule has 0 unspecified atom stereocenters. The first-order chi connectivity index (χ1) is 9.11. The highest BCUT2D eigenvalue weighted by Crippen LogP contribution is 2.52. The van der Waals surface area contributed by atoms with Gasteiger partial charge in [-0.1, -0.05) is 38.5 Å². The second-order valence-electron chi connectivity index (χ2n) is 6.41. The molecule has 1 aliphatic heterocycles. The second kappa shape index (κ2) is 4.60. The molecule has 2 spiro atoms. The van der Waals surface area contributed by atoms with E-state index in [-0.39, 0.29) is 0 Å². The maximum atomic E-state index is 13.0. The van der Waals surface area contributed by atoms with Gasteiger partial charge >= 0.3 is 5.97 Å². The standard InChI is InChI=1S/C15H22NO3/c17-13(18)12-11-14(7-3-1-4-8-14)16(19)15(12)9-5-2-6-10-15/h11H,1-10H2,(H,17,18). The summed E-state index contributed by atoms with van der Waals surface area (Å²) in [4.78, 5) is 11.6. The summed E-state index contributed by atoms with van der Waals surface area (Å²) in [6, 6.07) is 0. The Bertz CT molecular complexity index is 404. The van der Waals surface area contributed by atoms with Crippen LogP contribution in [0.25, 0.3) is 0 Å². The Hall–Kier alpha value is -0.870. The highest BCUT2D eigenvalue weighted by Gasteiger charge is 2.58. The molecule has 1 N–H and O–H groups in total. The van der Waals surface area contributed by atoms with E-state index in [0.29, 0.717) is 5.57 Å². The van der Waals surface area contributed by atoms with E-state index in [9.17, 15) is 15.1 Å². The van der Waals surface area contributed by atoms with Crippen LogP contribution >= 0.6 is 0 Å². The molecule has 0 saturated heterocycles. The van der Waals surface area contributed by atoms with Gasteiger partial charge in [0.25, 0.3) is 0 Å². The van der Waals surface area contributed by atoms with Gasteiger partial charge in [0.1, 0.15) is 0 Å². The lowest BCUT2D eigenvalue weighted by atomic mass is 9.77. The fourth-order valence-electron chi connectivity index (χ4n) is 4.38. The summed E-state index contributed by atoms with van der Waals surface area (Å²) in [6.45, 7) is 0. The molecule has 0 aromatic heterocycles. The molecule has 2 aliphatic carbocycles. The Morgan fingerprint density at radius 2 is 1.53 bits per heavy atom. The molecule has 0 atom stereocenters. The molecule has 0 bridgehead atoms. The van der Waals surface area contributed by atoms with Gasteiger partial charge in [0, 0.05) is 0 Å². The largest absolute Gasteiger partial charge is 0.478 e. The van der Waals surface area contributed by atoms with Crippen molar-refractivity contribution in [1.82, 2.24) is 5.06 Å². The van der Waals surface area contributed by atoms with Gasteiger partial charge in [0.2, 0.25) is 0 Å². The first-order valence-corrected chi connectivity index (χ1v) is 7.55. The molecular formula is C15H22NO3. The topological polar surface area (TPSA) is 60.4 Å². The van der Waals surface area contributed by atoms with E-state index in [1.807, 2.05) is 6.08 Å². The van der Waals surface area contributed by atoms with Crippen LogP contribution in [-0.2, 0) is 10.0 Å². The Morgan fingerprint density at radius 3 is 2.05 bits per heavy atom. The van der Waals surface area contributed by atoms with Gasteiger partial charge in [-0.25, -0.2) is 4.79 Å². The third-order valence-corrected chi connectivity index (χ3v) is 5.34.